The minimum Gasteiger partial charge on any atom is -0.357 e. The molecule has 0 aliphatic rings. The summed E-state index contributed by atoms with van der Waals surface area (Å²) in [5, 5.41) is 6.28. The van der Waals surface area contributed by atoms with E-state index in [1.807, 2.05) is 20.2 Å². The van der Waals surface area contributed by atoms with E-state index >= 15 is 0 Å². The van der Waals surface area contributed by atoms with Crippen molar-refractivity contribution >= 4 is 17.5 Å². The lowest BCUT2D eigenvalue weighted by atomic mass is 9.87. The molecule has 2 aromatic rings. The highest BCUT2D eigenvalue weighted by molar-refractivity contribution is 5.60. The summed E-state index contributed by atoms with van der Waals surface area (Å²) >= 11 is 0. The van der Waals surface area contributed by atoms with E-state index in [1.54, 1.807) is 0 Å². The van der Waals surface area contributed by atoms with Crippen LogP contribution in [0.1, 0.15) is 31.9 Å². The highest BCUT2D eigenvalue weighted by atomic mass is 15.1. The standard InChI is InChI=1S/C16H22N4/c1-11-10-18-15(17-5)20-14(11)19-13-8-6-12(7-9-13)16(2,3)4/h6-10H,1-5H3,(H2,17,18,19,20). The number of aromatic nitrogens is 2. The summed E-state index contributed by atoms with van der Waals surface area (Å²) in [4.78, 5) is 8.61. The lowest BCUT2D eigenvalue weighted by molar-refractivity contribution is 0.590. The minimum absolute atomic E-state index is 0.169. The van der Waals surface area contributed by atoms with Gasteiger partial charge in [0.05, 0.1) is 0 Å². The first-order chi connectivity index (χ1) is 9.40. The molecule has 0 aliphatic carbocycles. The number of anilines is 3. The minimum atomic E-state index is 0.169. The summed E-state index contributed by atoms with van der Waals surface area (Å²) in [6, 6.07) is 8.47. The van der Waals surface area contributed by atoms with E-state index in [9.17, 15) is 0 Å². The normalized spacial score (nSPS) is 11.2. The summed E-state index contributed by atoms with van der Waals surface area (Å²) in [5.41, 5.74) is 3.53. The second kappa shape index (κ2) is 5.49. The van der Waals surface area contributed by atoms with Crippen molar-refractivity contribution < 1.29 is 0 Å². The molecule has 1 aromatic heterocycles. The molecular weight excluding hydrogens is 248 g/mol. The monoisotopic (exact) mass is 270 g/mol. The summed E-state index contributed by atoms with van der Waals surface area (Å²) in [6.45, 7) is 8.63. The van der Waals surface area contributed by atoms with Gasteiger partial charge in [-0.15, -0.1) is 0 Å². The van der Waals surface area contributed by atoms with Crippen LogP contribution < -0.4 is 10.6 Å². The van der Waals surface area contributed by atoms with E-state index in [1.165, 1.54) is 5.56 Å². The molecule has 0 spiro atoms. The molecule has 0 fully saturated rings. The quantitative estimate of drug-likeness (QED) is 0.889. The van der Waals surface area contributed by atoms with Gasteiger partial charge in [-0.3, -0.25) is 0 Å². The molecule has 2 rings (SSSR count). The number of rotatable bonds is 3. The van der Waals surface area contributed by atoms with Crippen LogP contribution in [-0.4, -0.2) is 17.0 Å². The molecule has 0 radical (unpaired) electrons. The van der Waals surface area contributed by atoms with Gasteiger partial charge in [0, 0.05) is 24.5 Å². The van der Waals surface area contributed by atoms with Gasteiger partial charge < -0.3 is 10.6 Å². The highest BCUT2D eigenvalue weighted by Gasteiger charge is 2.13. The van der Waals surface area contributed by atoms with E-state index in [4.69, 9.17) is 0 Å². The predicted octanol–water partition coefficient (Wildman–Crippen LogP) is 3.87. The fourth-order valence-electron chi connectivity index (χ4n) is 1.88. The molecule has 0 bridgehead atoms. The third kappa shape index (κ3) is 3.26. The van der Waals surface area contributed by atoms with Gasteiger partial charge in [0.2, 0.25) is 5.95 Å². The van der Waals surface area contributed by atoms with Crippen molar-refractivity contribution in [1.82, 2.24) is 9.97 Å². The average Bonchev–Trinajstić information content (AvgIpc) is 2.41. The number of hydrogen-bond donors (Lipinski definition) is 2. The van der Waals surface area contributed by atoms with Crippen LogP contribution in [0.4, 0.5) is 17.5 Å². The predicted molar refractivity (Wildman–Crippen MR) is 84.7 cm³/mol. The van der Waals surface area contributed by atoms with Crippen LogP contribution in [-0.2, 0) is 5.41 Å². The molecule has 0 saturated carbocycles. The Labute approximate surface area is 120 Å². The Balaban J connectivity index is 2.22. The Morgan fingerprint density at radius 2 is 1.70 bits per heavy atom. The molecule has 0 saturated heterocycles. The lowest BCUT2D eigenvalue weighted by Crippen LogP contribution is -2.10. The smallest absolute Gasteiger partial charge is 0.224 e. The Morgan fingerprint density at radius 1 is 1.05 bits per heavy atom. The molecule has 1 heterocycles. The molecule has 0 amide bonds. The molecule has 0 aliphatic heterocycles. The van der Waals surface area contributed by atoms with E-state index < -0.39 is 0 Å². The maximum Gasteiger partial charge on any atom is 0.224 e. The first-order valence-corrected chi connectivity index (χ1v) is 6.79. The molecular formula is C16H22N4. The molecule has 4 nitrogen and oxygen atoms in total. The van der Waals surface area contributed by atoms with Gasteiger partial charge in [-0.05, 0) is 30.0 Å². The third-order valence-electron chi connectivity index (χ3n) is 3.21. The van der Waals surface area contributed by atoms with E-state index in [2.05, 4.69) is 65.6 Å². The van der Waals surface area contributed by atoms with Gasteiger partial charge in [-0.25, -0.2) is 4.98 Å². The second-order valence-corrected chi connectivity index (χ2v) is 5.93. The molecule has 106 valence electrons. The molecule has 20 heavy (non-hydrogen) atoms. The van der Waals surface area contributed by atoms with Crippen LogP contribution in [0.3, 0.4) is 0 Å². The molecule has 2 N–H and O–H groups in total. The van der Waals surface area contributed by atoms with Crippen LogP contribution in [0.25, 0.3) is 0 Å². The summed E-state index contributed by atoms with van der Waals surface area (Å²) in [7, 11) is 1.81. The van der Waals surface area contributed by atoms with E-state index in [0.717, 1.165) is 17.1 Å². The fraction of sp³-hybridized carbons (Fsp3) is 0.375. The van der Waals surface area contributed by atoms with Gasteiger partial charge in [0.25, 0.3) is 0 Å². The Kier molecular flexibility index (Phi) is 3.93. The largest absolute Gasteiger partial charge is 0.357 e. The highest BCUT2D eigenvalue weighted by Crippen LogP contribution is 2.25. The van der Waals surface area contributed by atoms with Gasteiger partial charge >= 0.3 is 0 Å². The van der Waals surface area contributed by atoms with Crippen LogP contribution in [0.5, 0.6) is 0 Å². The Bertz CT molecular complexity index is 582. The number of nitrogens with one attached hydrogen (secondary N) is 2. The van der Waals surface area contributed by atoms with Crippen molar-refractivity contribution in [3.05, 3.63) is 41.6 Å². The van der Waals surface area contributed by atoms with Crippen molar-refractivity contribution in [2.45, 2.75) is 33.1 Å². The van der Waals surface area contributed by atoms with Crippen LogP contribution >= 0.6 is 0 Å². The molecule has 0 unspecified atom stereocenters. The SMILES string of the molecule is CNc1ncc(C)c(Nc2ccc(C(C)(C)C)cc2)n1. The molecule has 0 atom stereocenters. The number of aryl methyl sites for hydroxylation is 1. The van der Waals surface area contributed by atoms with Crippen LogP contribution in [0.2, 0.25) is 0 Å². The molecule has 1 aromatic carbocycles. The second-order valence-electron chi connectivity index (χ2n) is 5.93. The van der Waals surface area contributed by atoms with Crippen LogP contribution in [0, 0.1) is 6.92 Å². The zero-order chi connectivity index (χ0) is 14.8. The maximum atomic E-state index is 4.42. The van der Waals surface area contributed by atoms with Crippen molar-refractivity contribution in [3.63, 3.8) is 0 Å². The van der Waals surface area contributed by atoms with Crippen molar-refractivity contribution in [1.29, 1.82) is 0 Å². The lowest BCUT2D eigenvalue weighted by Gasteiger charge is -2.19. The van der Waals surface area contributed by atoms with Gasteiger partial charge in [-0.2, -0.15) is 4.98 Å². The Morgan fingerprint density at radius 3 is 2.25 bits per heavy atom. The average molecular weight is 270 g/mol. The zero-order valence-electron chi connectivity index (χ0n) is 12.8. The van der Waals surface area contributed by atoms with Crippen LogP contribution in [0.15, 0.2) is 30.5 Å². The number of benzene rings is 1. The topological polar surface area (TPSA) is 49.8 Å². The van der Waals surface area contributed by atoms with Gasteiger partial charge in [0.15, 0.2) is 0 Å². The zero-order valence-corrected chi connectivity index (χ0v) is 12.8. The van der Waals surface area contributed by atoms with Crippen molar-refractivity contribution in [2.75, 3.05) is 17.7 Å². The first-order valence-electron chi connectivity index (χ1n) is 6.79. The van der Waals surface area contributed by atoms with Crippen molar-refractivity contribution in [2.24, 2.45) is 0 Å². The van der Waals surface area contributed by atoms with Crippen molar-refractivity contribution in [3.8, 4) is 0 Å². The summed E-state index contributed by atoms with van der Waals surface area (Å²) < 4.78 is 0. The number of nitrogens with zero attached hydrogens (tertiary/aromatic N) is 2. The summed E-state index contributed by atoms with van der Waals surface area (Å²) in [5.74, 6) is 1.44. The summed E-state index contributed by atoms with van der Waals surface area (Å²) in [6.07, 6.45) is 1.81. The number of hydrogen-bond acceptors (Lipinski definition) is 4. The van der Waals surface area contributed by atoms with E-state index in [0.29, 0.717) is 5.95 Å². The third-order valence-corrected chi connectivity index (χ3v) is 3.21. The maximum absolute atomic E-state index is 4.42. The first kappa shape index (κ1) is 14.3. The molecule has 4 heteroatoms. The Hall–Kier alpha value is -2.10. The van der Waals surface area contributed by atoms with E-state index in [-0.39, 0.29) is 5.41 Å². The van der Waals surface area contributed by atoms with Gasteiger partial charge in [-0.1, -0.05) is 32.9 Å². The fourth-order valence-corrected chi connectivity index (χ4v) is 1.88. The van der Waals surface area contributed by atoms with Gasteiger partial charge in [0.1, 0.15) is 5.82 Å².